The van der Waals surface area contributed by atoms with E-state index in [0.29, 0.717) is 5.88 Å². The predicted octanol–water partition coefficient (Wildman–Crippen LogP) is 4.55. The first-order valence-corrected chi connectivity index (χ1v) is 6.88. The van der Waals surface area contributed by atoms with Crippen LogP contribution in [0, 0.1) is 11.3 Å². The molecule has 94 valence electrons. The van der Waals surface area contributed by atoms with E-state index < -0.39 is 0 Å². The Morgan fingerprint density at radius 3 is 2.65 bits per heavy atom. The Morgan fingerprint density at radius 2 is 2.12 bits per heavy atom. The fourth-order valence-corrected chi connectivity index (χ4v) is 2.91. The van der Waals surface area contributed by atoms with Gasteiger partial charge >= 0.3 is 0 Å². The Morgan fingerprint density at radius 1 is 1.41 bits per heavy atom. The van der Waals surface area contributed by atoms with Crippen LogP contribution in [-0.4, -0.2) is 13.0 Å². The van der Waals surface area contributed by atoms with Gasteiger partial charge in [0.15, 0.2) is 0 Å². The van der Waals surface area contributed by atoms with Crippen LogP contribution in [0.5, 0.6) is 5.75 Å². The summed E-state index contributed by atoms with van der Waals surface area (Å²) in [4.78, 5) is 0. The molecule has 1 saturated carbocycles. The monoisotopic (exact) mass is 272 g/mol. The van der Waals surface area contributed by atoms with Crippen molar-refractivity contribution in [2.75, 3.05) is 13.0 Å². The lowest BCUT2D eigenvalue weighted by atomic mass is 9.80. The zero-order valence-electron chi connectivity index (χ0n) is 10.3. The minimum atomic E-state index is 0.166. The van der Waals surface area contributed by atoms with Crippen LogP contribution >= 0.6 is 23.2 Å². The summed E-state index contributed by atoms with van der Waals surface area (Å²) in [6.07, 6.45) is 3.53. The van der Waals surface area contributed by atoms with Gasteiger partial charge in [0.2, 0.25) is 0 Å². The van der Waals surface area contributed by atoms with Crippen LogP contribution in [0.1, 0.15) is 25.3 Å². The fourth-order valence-electron chi connectivity index (χ4n) is 2.40. The second-order valence-electron chi connectivity index (χ2n) is 5.19. The summed E-state index contributed by atoms with van der Waals surface area (Å²) in [6.45, 7) is 2.26. The molecule has 1 aromatic carbocycles. The highest BCUT2D eigenvalue weighted by molar-refractivity contribution is 6.30. The van der Waals surface area contributed by atoms with Crippen molar-refractivity contribution in [3.05, 3.63) is 28.8 Å². The summed E-state index contributed by atoms with van der Waals surface area (Å²) in [5.41, 5.74) is 1.33. The number of hydrogen-bond donors (Lipinski definition) is 0. The van der Waals surface area contributed by atoms with Crippen LogP contribution in [0.15, 0.2) is 18.2 Å². The molecule has 0 amide bonds. The highest BCUT2D eigenvalue weighted by Gasteiger charge is 2.41. The van der Waals surface area contributed by atoms with Crippen molar-refractivity contribution < 1.29 is 4.74 Å². The highest BCUT2D eigenvalue weighted by Crippen LogP contribution is 2.48. The molecule has 0 heterocycles. The van der Waals surface area contributed by atoms with Gasteiger partial charge in [0.1, 0.15) is 5.75 Å². The number of alkyl halides is 1. The van der Waals surface area contributed by atoms with Gasteiger partial charge in [-0.15, -0.1) is 11.6 Å². The molecule has 1 nitrogen and oxygen atoms in total. The maximum atomic E-state index is 6.16. The quantitative estimate of drug-likeness (QED) is 0.715. The standard InChI is InChI=1S/C14H18Cl2O/c1-14(9-15,11-3-4-11)8-10-7-12(16)5-6-13(10)17-2/h5-7,11H,3-4,8-9H2,1-2H3. The third kappa shape index (κ3) is 2.89. The number of rotatable bonds is 5. The molecule has 1 atom stereocenters. The van der Waals surface area contributed by atoms with Crippen LogP contribution in [-0.2, 0) is 6.42 Å². The molecule has 0 aliphatic heterocycles. The Kier molecular flexibility index (Phi) is 3.89. The largest absolute Gasteiger partial charge is 0.496 e. The molecule has 0 spiro atoms. The maximum absolute atomic E-state index is 6.16. The number of methoxy groups -OCH3 is 1. The van der Waals surface area contributed by atoms with Gasteiger partial charge in [-0.2, -0.15) is 0 Å². The lowest BCUT2D eigenvalue weighted by molar-refractivity contribution is 0.306. The zero-order chi connectivity index (χ0) is 12.5. The SMILES string of the molecule is COc1ccc(Cl)cc1CC(C)(CCl)C1CC1. The van der Waals surface area contributed by atoms with E-state index in [1.807, 2.05) is 18.2 Å². The molecular formula is C14H18Cl2O. The van der Waals surface area contributed by atoms with E-state index in [0.717, 1.165) is 28.7 Å². The second-order valence-corrected chi connectivity index (χ2v) is 5.90. The van der Waals surface area contributed by atoms with Crippen molar-refractivity contribution in [1.29, 1.82) is 0 Å². The molecule has 1 aromatic rings. The molecule has 1 fully saturated rings. The van der Waals surface area contributed by atoms with Gasteiger partial charge in [0.05, 0.1) is 7.11 Å². The van der Waals surface area contributed by atoms with Crippen molar-refractivity contribution in [1.82, 2.24) is 0 Å². The second kappa shape index (κ2) is 5.07. The first-order valence-electron chi connectivity index (χ1n) is 5.97. The van der Waals surface area contributed by atoms with Crippen LogP contribution in [0.2, 0.25) is 5.02 Å². The summed E-state index contributed by atoms with van der Waals surface area (Å²) in [5, 5.41) is 0.758. The van der Waals surface area contributed by atoms with Crippen LogP contribution in [0.3, 0.4) is 0 Å². The predicted molar refractivity (Wildman–Crippen MR) is 73.3 cm³/mol. The zero-order valence-corrected chi connectivity index (χ0v) is 11.8. The Bertz CT molecular complexity index is 401. The normalized spacial score (nSPS) is 18.8. The summed E-state index contributed by atoms with van der Waals surface area (Å²) in [5.74, 6) is 2.35. The fraction of sp³-hybridized carbons (Fsp3) is 0.571. The van der Waals surface area contributed by atoms with Crippen molar-refractivity contribution in [3.63, 3.8) is 0 Å². The van der Waals surface area contributed by atoms with Crippen molar-refractivity contribution in [2.24, 2.45) is 11.3 Å². The molecular weight excluding hydrogens is 255 g/mol. The molecule has 0 radical (unpaired) electrons. The summed E-state index contributed by atoms with van der Waals surface area (Å²) in [6, 6.07) is 5.78. The molecule has 0 aromatic heterocycles. The van der Waals surface area contributed by atoms with Gasteiger partial charge in [-0.1, -0.05) is 18.5 Å². The Labute approximate surface area is 113 Å². The summed E-state index contributed by atoms with van der Waals surface area (Å²) < 4.78 is 5.39. The molecule has 1 aliphatic carbocycles. The van der Waals surface area contributed by atoms with E-state index >= 15 is 0 Å². The average molecular weight is 273 g/mol. The minimum absolute atomic E-state index is 0.166. The lowest BCUT2D eigenvalue weighted by Crippen LogP contribution is -2.24. The smallest absolute Gasteiger partial charge is 0.122 e. The summed E-state index contributed by atoms with van der Waals surface area (Å²) >= 11 is 12.2. The van der Waals surface area contributed by atoms with Gasteiger partial charge in [0.25, 0.3) is 0 Å². The third-order valence-corrected chi connectivity index (χ3v) is 4.55. The molecule has 3 heteroatoms. The number of ether oxygens (including phenoxy) is 1. The average Bonchev–Trinajstić information content (AvgIpc) is 3.13. The maximum Gasteiger partial charge on any atom is 0.122 e. The van der Waals surface area contributed by atoms with E-state index in [2.05, 4.69) is 6.92 Å². The van der Waals surface area contributed by atoms with Crippen molar-refractivity contribution >= 4 is 23.2 Å². The van der Waals surface area contributed by atoms with Crippen LogP contribution < -0.4 is 4.74 Å². The number of hydrogen-bond acceptors (Lipinski definition) is 1. The topological polar surface area (TPSA) is 9.23 Å². The Balaban J connectivity index is 2.24. The molecule has 0 bridgehead atoms. The van der Waals surface area contributed by atoms with E-state index in [1.54, 1.807) is 7.11 Å². The first kappa shape index (κ1) is 13.0. The first-order chi connectivity index (χ1) is 8.09. The van der Waals surface area contributed by atoms with E-state index in [-0.39, 0.29) is 5.41 Å². The number of halogens is 2. The molecule has 2 rings (SSSR count). The van der Waals surface area contributed by atoms with E-state index in [9.17, 15) is 0 Å². The lowest BCUT2D eigenvalue weighted by Gasteiger charge is -2.28. The molecule has 1 aliphatic rings. The van der Waals surface area contributed by atoms with E-state index in [1.165, 1.54) is 12.8 Å². The van der Waals surface area contributed by atoms with Gasteiger partial charge in [0, 0.05) is 10.9 Å². The number of benzene rings is 1. The molecule has 0 N–H and O–H groups in total. The minimum Gasteiger partial charge on any atom is -0.496 e. The highest BCUT2D eigenvalue weighted by atomic mass is 35.5. The van der Waals surface area contributed by atoms with E-state index in [4.69, 9.17) is 27.9 Å². The van der Waals surface area contributed by atoms with Gasteiger partial charge in [-0.3, -0.25) is 0 Å². The van der Waals surface area contributed by atoms with Crippen molar-refractivity contribution in [3.8, 4) is 5.75 Å². The third-order valence-electron chi connectivity index (χ3n) is 3.70. The summed E-state index contributed by atoms with van der Waals surface area (Å²) in [7, 11) is 1.70. The van der Waals surface area contributed by atoms with Gasteiger partial charge < -0.3 is 4.74 Å². The Hall–Kier alpha value is -0.400. The van der Waals surface area contributed by atoms with Gasteiger partial charge in [-0.05, 0) is 54.4 Å². The molecule has 0 saturated heterocycles. The molecule has 1 unspecified atom stereocenters. The molecule has 17 heavy (non-hydrogen) atoms. The van der Waals surface area contributed by atoms with Crippen molar-refractivity contribution in [2.45, 2.75) is 26.2 Å². The van der Waals surface area contributed by atoms with Crippen LogP contribution in [0.4, 0.5) is 0 Å². The van der Waals surface area contributed by atoms with Gasteiger partial charge in [-0.25, -0.2) is 0 Å². The van der Waals surface area contributed by atoms with Crippen LogP contribution in [0.25, 0.3) is 0 Å².